The lowest BCUT2D eigenvalue weighted by atomic mass is 9.74. The van der Waals surface area contributed by atoms with Crippen LogP contribution >= 0.6 is 0 Å². The van der Waals surface area contributed by atoms with E-state index in [1.165, 1.54) is 44.1 Å². The van der Waals surface area contributed by atoms with Crippen LogP contribution in [0, 0.1) is 11.8 Å². The molecule has 1 heterocycles. The molecule has 0 aromatic carbocycles. The number of nitrogens with one attached hydrogen (secondary N) is 1. The molecule has 0 unspecified atom stereocenters. The molecule has 29 heavy (non-hydrogen) atoms. The third kappa shape index (κ3) is 5.50. The number of rotatable bonds is 8. The lowest BCUT2D eigenvalue weighted by molar-refractivity contribution is -0.139. The summed E-state index contributed by atoms with van der Waals surface area (Å²) in [6.45, 7) is 0.244. The normalized spacial score (nSPS) is 31.0. The van der Waals surface area contributed by atoms with Gasteiger partial charge in [0.05, 0.1) is 13.7 Å². The first kappa shape index (κ1) is 22.1. The molecule has 3 rings (SSSR count). The monoisotopic (exact) mass is 406 g/mol. The Morgan fingerprint density at radius 1 is 1.21 bits per heavy atom. The second-order valence-electron chi connectivity index (χ2n) is 9.30. The minimum absolute atomic E-state index is 0.0652. The quantitative estimate of drug-likeness (QED) is 0.604. The van der Waals surface area contributed by atoms with E-state index in [9.17, 15) is 9.59 Å². The molecule has 3 aliphatic rings. The molecule has 0 saturated heterocycles. The number of hydrogen-bond donors (Lipinski definition) is 2. The lowest BCUT2D eigenvalue weighted by Crippen LogP contribution is -2.45. The van der Waals surface area contributed by atoms with Crippen molar-refractivity contribution in [1.29, 1.82) is 0 Å². The summed E-state index contributed by atoms with van der Waals surface area (Å²) in [5.74, 6) is 1.32. The van der Waals surface area contributed by atoms with E-state index in [2.05, 4.69) is 5.32 Å². The molecule has 0 spiro atoms. The lowest BCUT2D eigenvalue weighted by Gasteiger charge is -2.35. The van der Waals surface area contributed by atoms with Crippen LogP contribution in [-0.4, -0.2) is 55.0 Å². The third-order valence-corrected chi connectivity index (χ3v) is 7.24. The van der Waals surface area contributed by atoms with E-state index in [1.54, 1.807) is 7.05 Å². The van der Waals surface area contributed by atoms with Crippen molar-refractivity contribution < 1.29 is 14.3 Å². The summed E-state index contributed by atoms with van der Waals surface area (Å²) in [4.78, 5) is 30.9. The Morgan fingerprint density at radius 3 is 2.59 bits per heavy atom. The van der Waals surface area contributed by atoms with E-state index in [-0.39, 0.29) is 18.4 Å². The Hall–Kier alpha value is -1.63. The van der Waals surface area contributed by atoms with Gasteiger partial charge in [0.2, 0.25) is 0 Å². The van der Waals surface area contributed by atoms with E-state index >= 15 is 0 Å². The standard InChI is InChI=1S/C22H38N4O3/c1-26-20(28)22(25-21(26)23,12-11-16-7-4-3-5-8-16)14-17-9-6-10-18(13-17)24-15-19(27)29-2/h16-18,24H,3-15H2,1-2H3,(H2,23,25)/t17-,18+,22-/m1/s1. The topological polar surface area (TPSA) is 97.0 Å². The SMILES string of the molecule is COC(=O)CN[C@H]1CCC[C@@H](C[C@@]2(CCC3CCCCC3)N=C(N)N(C)C2=O)C1. The van der Waals surface area contributed by atoms with Crippen LogP contribution in [0.2, 0.25) is 0 Å². The van der Waals surface area contributed by atoms with Crippen LogP contribution in [-0.2, 0) is 14.3 Å². The van der Waals surface area contributed by atoms with Crippen molar-refractivity contribution >= 4 is 17.8 Å². The Bertz CT molecular complexity index is 617. The third-order valence-electron chi connectivity index (χ3n) is 7.24. The summed E-state index contributed by atoms with van der Waals surface area (Å²) in [6, 6.07) is 0.291. The molecular weight excluding hydrogens is 368 g/mol. The van der Waals surface area contributed by atoms with Crippen molar-refractivity contribution in [1.82, 2.24) is 10.2 Å². The highest BCUT2D eigenvalue weighted by Gasteiger charge is 2.47. The molecular formula is C22H38N4O3. The zero-order chi connectivity index (χ0) is 20.9. The maximum Gasteiger partial charge on any atom is 0.319 e. The van der Waals surface area contributed by atoms with Gasteiger partial charge in [0.25, 0.3) is 5.91 Å². The summed E-state index contributed by atoms with van der Waals surface area (Å²) in [7, 11) is 3.15. The summed E-state index contributed by atoms with van der Waals surface area (Å²) in [5, 5.41) is 3.32. The van der Waals surface area contributed by atoms with Crippen LogP contribution in [0.3, 0.4) is 0 Å². The van der Waals surface area contributed by atoms with E-state index in [0.29, 0.717) is 17.9 Å². The zero-order valence-corrected chi connectivity index (χ0v) is 18.1. The van der Waals surface area contributed by atoms with Crippen LogP contribution in [0.4, 0.5) is 0 Å². The van der Waals surface area contributed by atoms with Crippen LogP contribution in [0.25, 0.3) is 0 Å². The first-order chi connectivity index (χ1) is 13.9. The number of nitrogens with two attached hydrogens (primary N) is 1. The average Bonchev–Trinajstić information content (AvgIpc) is 2.95. The predicted octanol–water partition coefficient (Wildman–Crippen LogP) is 2.58. The van der Waals surface area contributed by atoms with Crippen LogP contribution in [0.5, 0.6) is 0 Å². The Kier molecular flexibility index (Phi) is 7.55. The van der Waals surface area contributed by atoms with Crippen molar-refractivity contribution in [2.24, 2.45) is 22.6 Å². The second-order valence-corrected chi connectivity index (χ2v) is 9.30. The highest BCUT2D eigenvalue weighted by atomic mass is 16.5. The Balaban J connectivity index is 1.63. The van der Waals surface area contributed by atoms with Gasteiger partial charge in [-0.2, -0.15) is 0 Å². The molecule has 164 valence electrons. The van der Waals surface area contributed by atoms with Gasteiger partial charge in [-0.15, -0.1) is 0 Å². The molecule has 1 aliphatic heterocycles. The number of esters is 1. The van der Waals surface area contributed by atoms with Gasteiger partial charge in [-0.3, -0.25) is 14.5 Å². The van der Waals surface area contributed by atoms with E-state index in [0.717, 1.165) is 50.9 Å². The number of hydrogen-bond acceptors (Lipinski definition) is 6. The molecule has 2 saturated carbocycles. The van der Waals surface area contributed by atoms with Gasteiger partial charge in [0, 0.05) is 13.1 Å². The van der Waals surface area contributed by atoms with Gasteiger partial charge in [-0.05, 0) is 43.9 Å². The molecule has 7 heteroatoms. The maximum atomic E-state index is 13.2. The number of amides is 1. The summed E-state index contributed by atoms with van der Waals surface area (Å²) < 4.78 is 4.74. The highest BCUT2D eigenvalue weighted by molar-refractivity contribution is 6.06. The van der Waals surface area contributed by atoms with Gasteiger partial charge in [0.15, 0.2) is 5.96 Å². The van der Waals surface area contributed by atoms with Crippen molar-refractivity contribution in [3.8, 4) is 0 Å². The maximum absolute atomic E-state index is 13.2. The van der Waals surface area contributed by atoms with E-state index in [1.807, 2.05) is 0 Å². The molecule has 0 bridgehead atoms. The van der Waals surface area contributed by atoms with E-state index in [4.69, 9.17) is 15.5 Å². The summed E-state index contributed by atoms with van der Waals surface area (Å²) >= 11 is 0. The molecule has 0 aromatic heterocycles. The Morgan fingerprint density at radius 2 is 1.93 bits per heavy atom. The van der Waals surface area contributed by atoms with Crippen LogP contribution in [0.1, 0.15) is 77.0 Å². The molecule has 0 radical (unpaired) electrons. The van der Waals surface area contributed by atoms with Crippen LogP contribution in [0.15, 0.2) is 4.99 Å². The largest absolute Gasteiger partial charge is 0.468 e. The minimum Gasteiger partial charge on any atom is -0.468 e. The number of aliphatic imine (C=N–C) groups is 1. The molecule has 7 nitrogen and oxygen atoms in total. The minimum atomic E-state index is -0.689. The number of ether oxygens (including phenoxy) is 1. The highest BCUT2D eigenvalue weighted by Crippen LogP contribution is 2.40. The van der Waals surface area contributed by atoms with Crippen LogP contribution < -0.4 is 11.1 Å². The van der Waals surface area contributed by atoms with Gasteiger partial charge < -0.3 is 15.8 Å². The predicted molar refractivity (Wildman–Crippen MR) is 113 cm³/mol. The number of carbonyl (C=O) groups excluding carboxylic acids is 2. The van der Waals surface area contributed by atoms with Crippen molar-refractivity contribution in [2.45, 2.75) is 88.6 Å². The zero-order valence-electron chi connectivity index (χ0n) is 18.1. The van der Waals surface area contributed by atoms with Gasteiger partial charge in [-0.25, -0.2) is 4.99 Å². The van der Waals surface area contributed by atoms with Gasteiger partial charge in [0.1, 0.15) is 5.54 Å². The first-order valence-electron chi connectivity index (χ1n) is 11.4. The number of methoxy groups -OCH3 is 1. The molecule has 2 fully saturated rings. The smallest absolute Gasteiger partial charge is 0.319 e. The number of nitrogens with zero attached hydrogens (tertiary/aromatic N) is 2. The molecule has 2 aliphatic carbocycles. The van der Waals surface area contributed by atoms with Crippen molar-refractivity contribution in [3.63, 3.8) is 0 Å². The number of likely N-dealkylation sites (N-methyl/N-ethyl adjacent to an activating group) is 1. The first-order valence-corrected chi connectivity index (χ1v) is 11.4. The summed E-state index contributed by atoms with van der Waals surface area (Å²) in [5.41, 5.74) is 5.38. The fourth-order valence-corrected chi connectivity index (χ4v) is 5.51. The van der Waals surface area contributed by atoms with Gasteiger partial charge >= 0.3 is 5.97 Å². The van der Waals surface area contributed by atoms with Crippen molar-refractivity contribution in [2.75, 3.05) is 20.7 Å². The molecule has 3 atom stereocenters. The number of guanidine groups is 1. The summed E-state index contributed by atoms with van der Waals surface area (Å²) in [6.07, 6.45) is 13.4. The Labute approximate surface area is 174 Å². The van der Waals surface area contributed by atoms with Gasteiger partial charge in [-0.1, -0.05) is 44.9 Å². The fraction of sp³-hybridized carbons (Fsp3) is 0.864. The molecule has 1 amide bonds. The number of carbonyl (C=O) groups is 2. The van der Waals surface area contributed by atoms with Crippen molar-refractivity contribution in [3.05, 3.63) is 0 Å². The molecule has 3 N–H and O–H groups in total. The molecule has 0 aromatic rings. The average molecular weight is 407 g/mol. The second kappa shape index (κ2) is 9.92. The van der Waals surface area contributed by atoms with E-state index < -0.39 is 5.54 Å². The fourth-order valence-electron chi connectivity index (χ4n) is 5.51.